The fraction of sp³-hybridized carbons (Fsp3) is 0.250. The highest BCUT2D eigenvalue weighted by molar-refractivity contribution is 8.00. The number of fused-ring (bicyclic) bond motifs is 1. The number of aryl methyl sites for hydroxylation is 1. The molecule has 1 unspecified atom stereocenters. The Hall–Kier alpha value is -2.27. The van der Waals surface area contributed by atoms with Crippen molar-refractivity contribution in [1.29, 1.82) is 0 Å². The van der Waals surface area contributed by atoms with Gasteiger partial charge < -0.3 is 9.29 Å². The lowest BCUT2D eigenvalue weighted by molar-refractivity contribution is 0.115. The number of rotatable bonds is 6. The van der Waals surface area contributed by atoms with Gasteiger partial charge in [0.2, 0.25) is 0 Å². The fourth-order valence-electron chi connectivity index (χ4n) is 3.65. The van der Waals surface area contributed by atoms with E-state index in [1.807, 2.05) is 55.5 Å². The monoisotopic (exact) mass is 391 g/mol. The lowest BCUT2D eigenvalue weighted by atomic mass is 9.95. The van der Waals surface area contributed by atoms with Crippen LogP contribution in [0, 0.1) is 6.92 Å². The zero-order valence-electron chi connectivity index (χ0n) is 16.1. The summed E-state index contributed by atoms with van der Waals surface area (Å²) in [6.07, 6.45) is 0.836. The Bertz CT molecular complexity index is 986. The summed E-state index contributed by atoms with van der Waals surface area (Å²) >= 11 is 0. The molecular weight excluding hydrogens is 366 g/mol. The van der Waals surface area contributed by atoms with Gasteiger partial charge in [0.15, 0.2) is 0 Å². The molecule has 3 nitrogen and oxygen atoms in total. The lowest BCUT2D eigenvalue weighted by Crippen LogP contribution is -2.26. The molecule has 0 fully saturated rings. The number of benzene rings is 3. The second-order valence-corrected chi connectivity index (χ2v) is 9.57. The number of nitrogens with zero attached hydrogens (tertiary/aromatic N) is 1. The molecule has 0 saturated heterocycles. The van der Waals surface area contributed by atoms with Crippen LogP contribution in [0.1, 0.15) is 29.0 Å². The van der Waals surface area contributed by atoms with E-state index in [-0.39, 0.29) is 5.92 Å². The highest BCUT2D eigenvalue weighted by Crippen LogP contribution is 2.41. The molecule has 0 spiro atoms. The maximum Gasteiger partial charge on any atom is 0.136 e. The minimum Gasteiger partial charge on any atom is -0.626 e. The summed E-state index contributed by atoms with van der Waals surface area (Å²) in [5.74, 6) is 0.721. The van der Waals surface area contributed by atoms with Gasteiger partial charge in [0, 0.05) is 12.5 Å². The molecule has 2 atom stereocenters. The quantitative estimate of drug-likeness (QED) is 0.390. The van der Waals surface area contributed by atoms with Gasteiger partial charge in [-0.2, -0.15) is 0 Å². The van der Waals surface area contributed by atoms with Crippen LogP contribution < -0.4 is 0 Å². The van der Waals surface area contributed by atoms with Crippen LogP contribution in [0.15, 0.2) is 88.1 Å². The van der Waals surface area contributed by atoms with Crippen molar-refractivity contribution in [1.82, 2.24) is 0 Å². The van der Waals surface area contributed by atoms with E-state index < -0.39 is 10.1 Å². The summed E-state index contributed by atoms with van der Waals surface area (Å²) in [4.78, 5) is 0.817. The van der Waals surface area contributed by atoms with Crippen LogP contribution in [-0.2, 0) is 21.4 Å². The van der Waals surface area contributed by atoms with Crippen molar-refractivity contribution in [2.45, 2.75) is 30.8 Å². The first-order chi connectivity index (χ1) is 13.6. The van der Waals surface area contributed by atoms with Gasteiger partial charge in [-0.3, -0.25) is 0 Å². The Morgan fingerprint density at radius 2 is 1.71 bits per heavy atom. The Labute approximate surface area is 168 Å². The van der Waals surface area contributed by atoms with Gasteiger partial charge in [-0.05, 0) is 58.3 Å². The molecule has 0 aromatic heterocycles. The zero-order valence-corrected chi connectivity index (χ0v) is 16.9. The summed E-state index contributed by atoms with van der Waals surface area (Å²) in [6.45, 7) is 3.29. The topological polar surface area (TPSA) is 44.7 Å². The number of hydrogen-bond acceptors (Lipinski definition) is 3. The smallest absolute Gasteiger partial charge is 0.136 e. The Balaban J connectivity index is 1.54. The molecule has 0 radical (unpaired) electrons. The van der Waals surface area contributed by atoms with E-state index in [0.29, 0.717) is 19.0 Å². The van der Waals surface area contributed by atoms with Crippen molar-refractivity contribution in [3.05, 3.63) is 95.6 Å². The third kappa shape index (κ3) is 4.25. The zero-order chi connectivity index (χ0) is 19.4. The second-order valence-electron chi connectivity index (χ2n) is 7.30. The molecule has 0 amide bonds. The van der Waals surface area contributed by atoms with Gasteiger partial charge in [-0.15, -0.1) is 4.36 Å². The van der Waals surface area contributed by atoms with E-state index in [1.54, 1.807) is 0 Å². The van der Waals surface area contributed by atoms with Gasteiger partial charge in [-0.1, -0.05) is 60.7 Å². The van der Waals surface area contributed by atoms with Crippen molar-refractivity contribution in [2.24, 2.45) is 4.36 Å². The van der Waals surface area contributed by atoms with Crippen molar-refractivity contribution in [3.8, 4) is 0 Å². The summed E-state index contributed by atoms with van der Waals surface area (Å²) in [5, 5.41) is 0. The minimum absolute atomic E-state index is 0.177. The van der Waals surface area contributed by atoms with Crippen LogP contribution in [-0.4, -0.2) is 16.9 Å². The molecule has 4 rings (SSSR count). The van der Waals surface area contributed by atoms with Crippen LogP contribution in [0.2, 0.25) is 0 Å². The SMILES string of the molecule is Cc1ccc2c(c1)N=[S+]([O-])(c1ccccc1)C[C@H]2CCOCc1ccccc1. The predicted octanol–water partition coefficient (Wildman–Crippen LogP) is 5.86. The molecule has 0 bridgehead atoms. The summed E-state index contributed by atoms with van der Waals surface area (Å²) in [6, 6.07) is 26.2. The van der Waals surface area contributed by atoms with E-state index in [2.05, 4.69) is 30.3 Å². The van der Waals surface area contributed by atoms with Crippen LogP contribution in [0.4, 0.5) is 5.69 Å². The first-order valence-corrected chi connectivity index (χ1v) is 11.3. The normalized spacial score (nSPS) is 21.0. The van der Waals surface area contributed by atoms with E-state index in [4.69, 9.17) is 9.10 Å². The van der Waals surface area contributed by atoms with Crippen molar-refractivity contribution in [3.63, 3.8) is 0 Å². The maximum absolute atomic E-state index is 13.7. The second kappa shape index (κ2) is 8.39. The Morgan fingerprint density at radius 3 is 2.46 bits per heavy atom. The maximum atomic E-state index is 13.7. The minimum atomic E-state index is -2.47. The molecule has 3 aromatic rings. The van der Waals surface area contributed by atoms with Crippen LogP contribution in [0.5, 0.6) is 0 Å². The van der Waals surface area contributed by atoms with Crippen LogP contribution in [0.25, 0.3) is 0 Å². The van der Waals surface area contributed by atoms with Gasteiger partial charge >= 0.3 is 0 Å². The molecule has 1 heterocycles. The van der Waals surface area contributed by atoms with Gasteiger partial charge in [0.1, 0.15) is 16.3 Å². The lowest BCUT2D eigenvalue weighted by Gasteiger charge is -2.32. The molecule has 1 aliphatic heterocycles. The first-order valence-electron chi connectivity index (χ1n) is 9.66. The number of ether oxygens (including phenoxy) is 1. The van der Waals surface area contributed by atoms with Gasteiger partial charge in [0.05, 0.1) is 6.61 Å². The highest BCUT2D eigenvalue weighted by Gasteiger charge is 2.31. The average molecular weight is 392 g/mol. The molecule has 4 heteroatoms. The predicted molar refractivity (Wildman–Crippen MR) is 114 cm³/mol. The molecule has 28 heavy (non-hydrogen) atoms. The van der Waals surface area contributed by atoms with E-state index in [1.165, 1.54) is 11.1 Å². The standard InChI is InChI=1S/C24H25NO2S/c1-19-12-13-23-21(14-15-27-17-20-8-4-2-5-9-20)18-28(26,25-24(23)16-19)22-10-6-3-7-11-22/h2-13,16,21H,14-15,17-18H2,1H3/t21-,28?/m1/s1. The summed E-state index contributed by atoms with van der Waals surface area (Å²) in [5.41, 5.74) is 4.36. The molecule has 144 valence electrons. The summed E-state index contributed by atoms with van der Waals surface area (Å²) < 4.78 is 24.4. The Morgan fingerprint density at radius 1 is 1.00 bits per heavy atom. The first kappa shape index (κ1) is 19.1. The molecule has 0 aliphatic carbocycles. The van der Waals surface area contributed by atoms with Crippen molar-refractivity contribution in [2.75, 3.05) is 12.4 Å². The van der Waals surface area contributed by atoms with E-state index >= 15 is 0 Å². The molecule has 3 aromatic carbocycles. The van der Waals surface area contributed by atoms with Crippen molar-refractivity contribution >= 4 is 15.8 Å². The largest absolute Gasteiger partial charge is 0.626 e. The third-order valence-corrected chi connectivity index (χ3v) is 7.49. The van der Waals surface area contributed by atoms with Gasteiger partial charge in [0.25, 0.3) is 0 Å². The Kier molecular flexibility index (Phi) is 5.72. The molecular formula is C24H25NO2S. The van der Waals surface area contributed by atoms with E-state index in [9.17, 15) is 4.55 Å². The molecule has 1 aliphatic rings. The van der Waals surface area contributed by atoms with Crippen molar-refractivity contribution < 1.29 is 9.29 Å². The number of hydrogen-bond donors (Lipinski definition) is 0. The highest BCUT2D eigenvalue weighted by atomic mass is 32.3. The third-order valence-electron chi connectivity index (χ3n) is 5.13. The fourth-order valence-corrected chi connectivity index (χ4v) is 5.97. The average Bonchev–Trinajstić information content (AvgIpc) is 2.72. The van der Waals surface area contributed by atoms with E-state index in [0.717, 1.165) is 22.6 Å². The van der Waals surface area contributed by atoms with Crippen LogP contribution in [0.3, 0.4) is 0 Å². The molecule has 0 N–H and O–H groups in total. The summed E-state index contributed by atoms with van der Waals surface area (Å²) in [7, 11) is -2.47. The van der Waals surface area contributed by atoms with Crippen LogP contribution >= 0.6 is 0 Å². The van der Waals surface area contributed by atoms with Gasteiger partial charge in [-0.25, -0.2) is 0 Å². The molecule has 0 saturated carbocycles.